The molecule has 94 valence electrons. The summed E-state index contributed by atoms with van der Waals surface area (Å²) < 4.78 is 6.32. The number of halogens is 1. The maximum Gasteiger partial charge on any atom is 0.257 e. The molecule has 4 nitrogen and oxygen atoms in total. The zero-order valence-corrected chi connectivity index (χ0v) is 11.6. The summed E-state index contributed by atoms with van der Waals surface area (Å²) in [6.07, 6.45) is 0. The number of hydrogen-bond donors (Lipinski definition) is 2. The third-order valence-corrected chi connectivity index (χ3v) is 2.81. The number of amides is 1. The van der Waals surface area contributed by atoms with Crippen LogP contribution >= 0.6 is 15.9 Å². The van der Waals surface area contributed by atoms with Gasteiger partial charge in [0, 0.05) is 17.1 Å². The molecule has 2 N–H and O–H groups in total. The Kier molecular flexibility index (Phi) is 6.00. The quantitative estimate of drug-likeness (QED) is 0.838. The summed E-state index contributed by atoms with van der Waals surface area (Å²) in [6.45, 7) is 2.63. The van der Waals surface area contributed by atoms with Crippen LogP contribution < -0.4 is 15.4 Å². The molecule has 1 aromatic carbocycles. The summed E-state index contributed by atoms with van der Waals surface area (Å²) in [5.74, 6) is 0.569. The van der Waals surface area contributed by atoms with Crippen molar-refractivity contribution in [2.45, 2.75) is 13.0 Å². The van der Waals surface area contributed by atoms with E-state index in [-0.39, 0.29) is 18.6 Å². The maximum absolute atomic E-state index is 11.4. The molecular formula is C12H17BrN2O2. The Morgan fingerprint density at radius 3 is 2.65 bits per heavy atom. The average molecular weight is 301 g/mol. The van der Waals surface area contributed by atoms with Gasteiger partial charge in [-0.25, -0.2) is 0 Å². The number of carbonyl (C=O) groups excluding carboxylic acids is 1. The molecular weight excluding hydrogens is 284 g/mol. The van der Waals surface area contributed by atoms with Crippen molar-refractivity contribution in [1.29, 1.82) is 0 Å². The minimum Gasteiger partial charge on any atom is -0.484 e. The van der Waals surface area contributed by atoms with E-state index < -0.39 is 0 Å². The van der Waals surface area contributed by atoms with Crippen molar-refractivity contribution in [1.82, 2.24) is 10.6 Å². The minimum atomic E-state index is -0.116. The molecule has 5 heteroatoms. The van der Waals surface area contributed by atoms with Crippen molar-refractivity contribution in [3.63, 3.8) is 0 Å². The topological polar surface area (TPSA) is 50.4 Å². The first kappa shape index (κ1) is 14.0. The van der Waals surface area contributed by atoms with Crippen LogP contribution in [0.4, 0.5) is 0 Å². The van der Waals surface area contributed by atoms with E-state index >= 15 is 0 Å². The minimum absolute atomic E-state index is 0.0397. The van der Waals surface area contributed by atoms with Gasteiger partial charge in [0.1, 0.15) is 5.75 Å². The molecule has 0 radical (unpaired) electrons. The highest BCUT2D eigenvalue weighted by atomic mass is 79.9. The molecule has 0 saturated heterocycles. The molecule has 0 aromatic heterocycles. The predicted molar refractivity (Wildman–Crippen MR) is 71.2 cm³/mol. The monoisotopic (exact) mass is 300 g/mol. The van der Waals surface area contributed by atoms with E-state index in [0.29, 0.717) is 12.3 Å². The molecule has 0 fully saturated rings. The fraction of sp³-hybridized carbons (Fsp3) is 0.417. The number of hydrogen-bond acceptors (Lipinski definition) is 3. The second kappa shape index (κ2) is 7.29. The maximum atomic E-state index is 11.4. The largest absolute Gasteiger partial charge is 0.484 e. The van der Waals surface area contributed by atoms with Gasteiger partial charge in [-0.3, -0.25) is 4.79 Å². The number of likely N-dealkylation sites (N-methyl/N-ethyl adjacent to an activating group) is 1. The Morgan fingerprint density at radius 2 is 2.06 bits per heavy atom. The van der Waals surface area contributed by atoms with Gasteiger partial charge < -0.3 is 15.4 Å². The smallest absolute Gasteiger partial charge is 0.257 e. The molecule has 17 heavy (non-hydrogen) atoms. The molecule has 1 amide bonds. The Bertz CT molecular complexity index is 354. The Morgan fingerprint density at radius 1 is 1.41 bits per heavy atom. The molecule has 0 spiro atoms. The van der Waals surface area contributed by atoms with Gasteiger partial charge in [0.15, 0.2) is 6.61 Å². The zero-order valence-electron chi connectivity index (χ0n) is 10.00. The lowest BCUT2D eigenvalue weighted by molar-refractivity contribution is -0.123. The number of carbonyl (C=O) groups is 1. The van der Waals surface area contributed by atoms with Gasteiger partial charge in [0.2, 0.25) is 0 Å². The van der Waals surface area contributed by atoms with Gasteiger partial charge >= 0.3 is 0 Å². The summed E-state index contributed by atoms with van der Waals surface area (Å²) >= 11 is 3.33. The molecule has 0 heterocycles. The van der Waals surface area contributed by atoms with Crippen molar-refractivity contribution >= 4 is 21.8 Å². The highest BCUT2D eigenvalue weighted by molar-refractivity contribution is 9.10. The third kappa shape index (κ3) is 5.70. The van der Waals surface area contributed by atoms with E-state index in [1.807, 2.05) is 38.2 Å². The van der Waals surface area contributed by atoms with Crippen LogP contribution in [-0.4, -0.2) is 32.1 Å². The molecule has 0 aliphatic rings. The lowest BCUT2D eigenvalue weighted by Gasteiger charge is -2.11. The van der Waals surface area contributed by atoms with E-state index in [4.69, 9.17) is 4.74 Å². The number of benzene rings is 1. The molecule has 1 rings (SSSR count). The van der Waals surface area contributed by atoms with Crippen LogP contribution in [0.25, 0.3) is 0 Å². The lowest BCUT2D eigenvalue weighted by atomic mass is 10.3. The van der Waals surface area contributed by atoms with Crippen LogP contribution in [0.3, 0.4) is 0 Å². The van der Waals surface area contributed by atoms with Crippen molar-refractivity contribution in [3.05, 3.63) is 28.7 Å². The summed E-state index contributed by atoms with van der Waals surface area (Å²) in [7, 11) is 1.86. The van der Waals surface area contributed by atoms with Crippen LogP contribution in [0.15, 0.2) is 28.7 Å². The first-order valence-electron chi connectivity index (χ1n) is 5.44. The van der Waals surface area contributed by atoms with E-state index in [0.717, 1.165) is 4.47 Å². The summed E-state index contributed by atoms with van der Waals surface area (Å²) in [5.41, 5.74) is 0. The van der Waals surface area contributed by atoms with Crippen molar-refractivity contribution < 1.29 is 9.53 Å². The number of rotatable bonds is 6. The fourth-order valence-corrected chi connectivity index (χ4v) is 1.36. The molecule has 0 aliphatic carbocycles. The van der Waals surface area contributed by atoms with E-state index in [2.05, 4.69) is 26.6 Å². The van der Waals surface area contributed by atoms with E-state index in [9.17, 15) is 4.79 Å². The fourth-order valence-electron chi connectivity index (χ4n) is 1.10. The van der Waals surface area contributed by atoms with Gasteiger partial charge in [-0.05, 0) is 38.2 Å². The molecule has 1 atom stereocenters. The van der Waals surface area contributed by atoms with Crippen molar-refractivity contribution in [2.24, 2.45) is 0 Å². The van der Waals surface area contributed by atoms with Gasteiger partial charge in [-0.1, -0.05) is 15.9 Å². The SMILES string of the molecule is CNC(C)CNC(=O)COc1ccc(Br)cc1. The lowest BCUT2D eigenvalue weighted by Crippen LogP contribution is -2.39. The Hall–Kier alpha value is -1.07. The van der Waals surface area contributed by atoms with Crippen LogP contribution in [0, 0.1) is 0 Å². The molecule has 0 aliphatic heterocycles. The molecule has 0 saturated carbocycles. The summed E-state index contributed by atoms with van der Waals surface area (Å²) in [4.78, 5) is 11.4. The third-order valence-electron chi connectivity index (χ3n) is 2.28. The summed E-state index contributed by atoms with van der Waals surface area (Å²) in [6, 6.07) is 7.62. The predicted octanol–water partition coefficient (Wildman–Crippen LogP) is 1.55. The summed E-state index contributed by atoms with van der Waals surface area (Å²) in [5, 5.41) is 5.82. The van der Waals surface area contributed by atoms with Crippen molar-refractivity contribution in [2.75, 3.05) is 20.2 Å². The van der Waals surface area contributed by atoms with Gasteiger partial charge in [-0.2, -0.15) is 0 Å². The highest BCUT2D eigenvalue weighted by Gasteiger charge is 2.04. The van der Waals surface area contributed by atoms with Gasteiger partial charge in [-0.15, -0.1) is 0 Å². The standard InChI is InChI=1S/C12H17BrN2O2/c1-9(14-2)7-15-12(16)8-17-11-5-3-10(13)4-6-11/h3-6,9,14H,7-8H2,1-2H3,(H,15,16). The Labute approximate surface area is 110 Å². The molecule has 1 aromatic rings. The van der Waals surface area contributed by atoms with Crippen LogP contribution in [0.2, 0.25) is 0 Å². The first-order chi connectivity index (χ1) is 8.11. The first-order valence-corrected chi connectivity index (χ1v) is 6.23. The second-order valence-corrected chi connectivity index (χ2v) is 4.65. The van der Waals surface area contributed by atoms with Gasteiger partial charge in [0.05, 0.1) is 0 Å². The zero-order chi connectivity index (χ0) is 12.7. The van der Waals surface area contributed by atoms with E-state index in [1.54, 1.807) is 0 Å². The van der Waals surface area contributed by atoms with Crippen LogP contribution in [0.1, 0.15) is 6.92 Å². The van der Waals surface area contributed by atoms with E-state index in [1.165, 1.54) is 0 Å². The molecule has 1 unspecified atom stereocenters. The Balaban J connectivity index is 2.26. The number of ether oxygens (including phenoxy) is 1. The normalized spacial score (nSPS) is 11.9. The number of nitrogens with one attached hydrogen (secondary N) is 2. The van der Waals surface area contributed by atoms with Gasteiger partial charge in [0.25, 0.3) is 5.91 Å². The average Bonchev–Trinajstić information content (AvgIpc) is 2.35. The highest BCUT2D eigenvalue weighted by Crippen LogP contribution is 2.15. The van der Waals surface area contributed by atoms with Crippen LogP contribution in [0.5, 0.6) is 5.75 Å². The molecule has 0 bridgehead atoms. The van der Waals surface area contributed by atoms with Crippen LogP contribution in [-0.2, 0) is 4.79 Å². The van der Waals surface area contributed by atoms with Crippen molar-refractivity contribution in [3.8, 4) is 5.75 Å². The second-order valence-electron chi connectivity index (χ2n) is 3.74.